The molecule has 0 atom stereocenters. The summed E-state index contributed by atoms with van der Waals surface area (Å²) in [5.41, 5.74) is 0.992. The van der Waals surface area contributed by atoms with E-state index in [2.05, 4.69) is 12.2 Å². The Bertz CT molecular complexity index is 544. The lowest BCUT2D eigenvalue weighted by Gasteiger charge is -2.26. The van der Waals surface area contributed by atoms with E-state index in [0.717, 1.165) is 24.1 Å². The molecule has 0 aliphatic heterocycles. The van der Waals surface area contributed by atoms with Gasteiger partial charge in [0.2, 0.25) is 10.0 Å². The third kappa shape index (κ3) is 4.20. The Labute approximate surface area is 128 Å². The second kappa shape index (κ2) is 6.79. The molecule has 0 aromatic heterocycles. The first-order chi connectivity index (χ1) is 9.89. The first-order valence-corrected chi connectivity index (χ1v) is 9.10. The maximum Gasteiger partial charge on any atom is 0.242 e. The lowest BCUT2D eigenvalue weighted by molar-refractivity contribution is 0.300. The molecule has 0 saturated heterocycles. The Morgan fingerprint density at radius 2 is 1.67 bits per heavy atom. The van der Waals surface area contributed by atoms with E-state index in [1.807, 2.05) is 12.1 Å². The van der Waals surface area contributed by atoms with Crippen molar-refractivity contribution in [3.8, 4) is 0 Å². The number of nitrogens with zero attached hydrogens (tertiary/aromatic N) is 1. The molecule has 0 unspecified atom stereocenters. The van der Waals surface area contributed by atoms with Crippen LogP contribution in [0.4, 0.5) is 5.69 Å². The minimum Gasteiger partial charge on any atom is -0.385 e. The van der Waals surface area contributed by atoms with Crippen LogP contribution in [-0.2, 0) is 10.0 Å². The average molecular weight is 310 g/mol. The molecule has 0 amide bonds. The first-order valence-electron chi connectivity index (χ1n) is 7.66. The second-order valence-electron chi connectivity index (χ2n) is 6.32. The summed E-state index contributed by atoms with van der Waals surface area (Å²) in [5.74, 6) is 1.61. The van der Waals surface area contributed by atoms with Crippen molar-refractivity contribution >= 4 is 15.7 Å². The van der Waals surface area contributed by atoms with Crippen LogP contribution < -0.4 is 5.32 Å². The van der Waals surface area contributed by atoms with E-state index < -0.39 is 10.0 Å². The molecule has 5 heteroatoms. The smallest absolute Gasteiger partial charge is 0.242 e. The zero-order valence-corrected chi connectivity index (χ0v) is 14.0. The third-order valence-electron chi connectivity index (χ3n) is 4.36. The number of nitrogens with one attached hydrogen (secondary N) is 1. The number of rotatable bonds is 5. The van der Waals surface area contributed by atoms with Crippen LogP contribution in [-0.4, -0.2) is 33.4 Å². The Balaban J connectivity index is 1.91. The Hall–Kier alpha value is -1.07. The van der Waals surface area contributed by atoms with Crippen molar-refractivity contribution in [1.29, 1.82) is 0 Å². The van der Waals surface area contributed by atoms with E-state index in [9.17, 15) is 8.42 Å². The van der Waals surface area contributed by atoms with Gasteiger partial charge in [0, 0.05) is 26.3 Å². The fourth-order valence-electron chi connectivity index (χ4n) is 2.75. The van der Waals surface area contributed by atoms with Crippen LogP contribution >= 0.6 is 0 Å². The van der Waals surface area contributed by atoms with Crippen LogP contribution in [0.2, 0.25) is 0 Å². The average Bonchev–Trinajstić information content (AvgIpc) is 2.47. The van der Waals surface area contributed by atoms with E-state index in [-0.39, 0.29) is 0 Å². The molecule has 21 heavy (non-hydrogen) atoms. The van der Waals surface area contributed by atoms with Crippen molar-refractivity contribution in [2.24, 2.45) is 11.8 Å². The number of anilines is 1. The zero-order chi connectivity index (χ0) is 15.5. The van der Waals surface area contributed by atoms with Crippen LogP contribution in [0.1, 0.15) is 32.6 Å². The summed E-state index contributed by atoms with van der Waals surface area (Å²) in [7, 11) is -0.235. The molecular weight excluding hydrogens is 284 g/mol. The summed E-state index contributed by atoms with van der Waals surface area (Å²) in [6.45, 7) is 3.31. The van der Waals surface area contributed by atoms with Crippen LogP contribution in [0.3, 0.4) is 0 Å². The minimum atomic E-state index is -3.33. The van der Waals surface area contributed by atoms with Gasteiger partial charge in [-0.15, -0.1) is 0 Å². The molecule has 1 aliphatic carbocycles. The van der Waals surface area contributed by atoms with E-state index >= 15 is 0 Å². The molecule has 0 radical (unpaired) electrons. The second-order valence-corrected chi connectivity index (χ2v) is 8.47. The molecule has 2 rings (SSSR count). The van der Waals surface area contributed by atoms with Crippen molar-refractivity contribution in [2.45, 2.75) is 37.5 Å². The third-order valence-corrected chi connectivity index (χ3v) is 6.19. The normalized spacial score (nSPS) is 23.2. The van der Waals surface area contributed by atoms with E-state index in [1.165, 1.54) is 30.0 Å². The summed E-state index contributed by atoms with van der Waals surface area (Å²) < 4.78 is 25.2. The molecule has 0 heterocycles. The topological polar surface area (TPSA) is 49.4 Å². The van der Waals surface area contributed by atoms with Crippen LogP contribution in [0.5, 0.6) is 0 Å². The molecule has 1 aromatic carbocycles. The van der Waals surface area contributed by atoms with Gasteiger partial charge in [-0.25, -0.2) is 12.7 Å². The lowest BCUT2D eigenvalue weighted by Crippen LogP contribution is -2.22. The van der Waals surface area contributed by atoms with Crippen molar-refractivity contribution in [2.75, 3.05) is 26.0 Å². The minimum absolute atomic E-state index is 0.338. The molecule has 1 aromatic rings. The molecule has 118 valence electrons. The van der Waals surface area contributed by atoms with Crippen LogP contribution in [0.25, 0.3) is 0 Å². The fraction of sp³-hybridized carbons (Fsp3) is 0.625. The Morgan fingerprint density at radius 1 is 1.10 bits per heavy atom. The molecule has 0 bridgehead atoms. The maximum absolute atomic E-state index is 12.0. The largest absolute Gasteiger partial charge is 0.385 e. The monoisotopic (exact) mass is 310 g/mol. The summed E-state index contributed by atoms with van der Waals surface area (Å²) in [6.07, 6.45) is 5.24. The van der Waals surface area contributed by atoms with Crippen LogP contribution in [0, 0.1) is 11.8 Å². The highest BCUT2D eigenvalue weighted by Crippen LogP contribution is 2.28. The van der Waals surface area contributed by atoms with Gasteiger partial charge < -0.3 is 5.32 Å². The fourth-order valence-corrected chi connectivity index (χ4v) is 3.65. The lowest BCUT2D eigenvalue weighted by atomic mass is 9.83. The van der Waals surface area contributed by atoms with Gasteiger partial charge in [-0.2, -0.15) is 0 Å². The van der Waals surface area contributed by atoms with Crippen LogP contribution in [0.15, 0.2) is 29.2 Å². The van der Waals surface area contributed by atoms with E-state index in [0.29, 0.717) is 4.90 Å². The Morgan fingerprint density at radius 3 is 2.19 bits per heavy atom. The molecule has 1 N–H and O–H groups in total. The highest BCUT2D eigenvalue weighted by atomic mass is 32.2. The van der Waals surface area contributed by atoms with Gasteiger partial charge in [0.15, 0.2) is 0 Å². The molecular formula is C16H26N2O2S. The van der Waals surface area contributed by atoms with Gasteiger partial charge in [0.05, 0.1) is 4.90 Å². The highest BCUT2D eigenvalue weighted by molar-refractivity contribution is 7.89. The maximum atomic E-state index is 12.0. The molecule has 0 spiro atoms. The van der Waals surface area contributed by atoms with Crippen molar-refractivity contribution in [1.82, 2.24) is 4.31 Å². The predicted molar refractivity (Wildman–Crippen MR) is 86.9 cm³/mol. The Kier molecular flexibility index (Phi) is 5.27. The zero-order valence-electron chi connectivity index (χ0n) is 13.2. The molecule has 1 fully saturated rings. The summed E-state index contributed by atoms with van der Waals surface area (Å²) in [4.78, 5) is 0.338. The van der Waals surface area contributed by atoms with Gasteiger partial charge in [-0.3, -0.25) is 0 Å². The van der Waals surface area contributed by atoms with Gasteiger partial charge >= 0.3 is 0 Å². The quantitative estimate of drug-likeness (QED) is 0.909. The summed E-state index contributed by atoms with van der Waals surface area (Å²) >= 11 is 0. The first kappa shape index (κ1) is 16.3. The molecule has 1 aliphatic rings. The predicted octanol–water partition coefficient (Wildman–Crippen LogP) is 3.18. The van der Waals surface area contributed by atoms with E-state index in [1.54, 1.807) is 26.2 Å². The highest BCUT2D eigenvalue weighted by Gasteiger charge is 2.18. The molecule has 1 saturated carbocycles. The summed E-state index contributed by atoms with van der Waals surface area (Å²) in [5, 5.41) is 3.43. The standard InChI is InChI=1S/C16H26N2O2S/c1-13-4-6-14(7-5-13)12-17-15-8-10-16(11-9-15)21(19,20)18(2)3/h8-11,13-14,17H,4-7,12H2,1-3H3. The van der Waals surface area contributed by atoms with Crippen molar-refractivity contribution < 1.29 is 8.42 Å². The van der Waals surface area contributed by atoms with Crippen molar-refractivity contribution in [3.05, 3.63) is 24.3 Å². The SMILES string of the molecule is CC1CCC(CNc2ccc(S(=O)(=O)N(C)C)cc2)CC1. The van der Waals surface area contributed by atoms with Gasteiger partial charge in [0.25, 0.3) is 0 Å². The number of hydrogen-bond acceptors (Lipinski definition) is 3. The van der Waals surface area contributed by atoms with E-state index in [4.69, 9.17) is 0 Å². The summed E-state index contributed by atoms with van der Waals surface area (Å²) in [6, 6.07) is 7.03. The van der Waals surface area contributed by atoms with Gasteiger partial charge in [0.1, 0.15) is 0 Å². The van der Waals surface area contributed by atoms with Gasteiger partial charge in [-0.05, 0) is 48.9 Å². The van der Waals surface area contributed by atoms with Gasteiger partial charge in [-0.1, -0.05) is 19.8 Å². The number of benzene rings is 1. The van der Waals surface area contributed by atoms with Crippen molar-refractivity contribution in [3.63, 3.8) is 0 Å². The number of hydrogen-bond donors (Lipinski definition) is 1. The molecule has 4 nitrogen and oxygen atoms in total. The number of sulfonamides is 1.